The Morgan fingerprint density at radius 1 is 1.21 bits per heavy atom. The molecule has 2 rings (SSSR count). The van der Waals surface area contributed by atoms with E-state index < -0.39 is 0 Å². The zero-order valence-corrected chi connectivity index (χ0v) is 7.27. The average Bonchev–Trinajstić information content (AvgIpc) is 2.65. The van der Waals surface area contributed by atoms with Crippen molar-refractivity contribution >= 4 is 5.69 Å². The van der Waals surface area contributed by atoms with E-state index in [1.807, 2.05) is 0 Å². The normalized spacial score (nSPS) is 9.64. The zero-order valence-electron chi connectivity index (χ0n) is 7.27. The van der Waals surface area contributed by atoms with Crippen LogP contribution in [0.15, 0.2) is 41.3 Å². The Bertz CT molecular complexity index is 527. The second kappa shape index (κ2) is 3.23. The van der Waals surface area contributed by atoms with Crippen LogP contribution in [0, 0.1) is 6.57 Å². The Labute approximate surface area is 80.2 Å². The molecule has 0 radical (unpaired) electrons. The molecule has 0 unspecified atom stereocenters. The van der Waals surface area contributed by atoms with Crippen molar-refractivity contribution in [1.29, 1.82) is 0 Å². The third kappa shape index (κ3) is 1.43. The summed E-state index contributed by atoms with van der Waals surface area (Å²) >= 11 is 0. The molecule has 0 bridgehead atoms. The first-order chi connectivity index (χ1) is 6.79. The van der Waals surface area contributed by atoms with Crippen molar-refractivity contribution in [1.82, 2.24) is 9.78 Å². The summed E-state index contributed by atoms with van der Waals surface area (Å²) < 4.78 is 1.61. The Morgan fingerprint density at radius 2 is 1.93 bits per heavy atom. The molecule has 0 spiro atoms. The predicted molar refractivity (Wildman–Crippen MR) is 52.7 cm³/mol. The van der Waals surface area contributed by atoms with Crippen LogP contribution in [-0.2, 0) is 0 Å². The fraction of sp³-hybridized carbons (Fsp3) is 0. The fourth-order valence-electron chi connectivity index (χ4n) is 1.17. The van der Waals surface area contributed by atoms with Crippen molar-refractivity contribution in [2.75, 3.05) is 0 Å². The van der Waals surface area contributed by atoms with Gasteiger partial charge in [0.2, 0.25) is 0 Å². The van der Waals surface area contributed by atoms with Crippen molar-refractivity contribution in [2.45, 2.75) is 0 Å². The molecule has 1 N–H and O–H groups in total. The number of hydrogen-bond acceptors (Lipinski definition) is 1. The SMILES string of the molecule is [C-]#[N+]c1ccc(-n2ccc(=O)[nH]2)cc1. The molecule has 4 nitrogen and oxygen atoms in total. The van der Waals surface area contributed by atoms with Gasteiger partial charge in [-0.15, -0.1) is 0 Å². The predicted octanol–water partition coefficient (Wildman–Crippen LogP) is 1.72. The number of aromatic nitrogens is 2. The average molecular weight is 185 g/mol. The molecule has 0 saturated carbocycles. The number of aromatic amines is 1. The molecule has 68 valence electrons. The maximum absolute atomic E-state index is 10.9. The van der Waals surface area contributed by atoms with Crippen LogP contribution in [0.25, 0.3) is 10.5 Å². The first kappa shape index (κ1) is 8.32. The zero-order chi connectivity index (χ0) is 9.97. The first-order valence-electron chi connectivity index (χ1n) is 4.05. The van der Waals surface area contributed by atoms with Crippen molar-refractivity contribution in [2.24, 2.45) is 0 Å². The lowest BCUT2D eigenvalue weighted by molar-refractivity contribution is 0.864. The van der Waals surface area contributed by atoms with E-state index in [4.69, 9.17) is 6.57 Å². The van der Waals surface area contributed by atoms with Gasteiger partial charge in [-0.2, -0.15) is 0 Å². The monoisotopic (exact) mass is 185 g/mol. The van der Waals surface area contributed by atoms with Gasteiger partial charge in [0.25, 0.3) is 5.56 Å². The summed E-state index contributed by atoms with van der Waals surface area (Å²) in [6.45, 7) is 6.78. The van der Waals surface area contributed by atoms with E-state index in [0.717, 1.165) is 5.69 Å². The van der Waals surface area contributed by atoms with Crippen LogP contribution < -0.4 is 5.56 Å². The Hall–Kier alpha value is -2.28. The fourth-order valence-corrected chi connectivity index (χ4v) is 1.17. The van der Waals surface area contributed by atoms with Gasteiger partial charge in [0.05, 0.1) is 12.3 Å². The van der Waals surface area contributed by atoms with Gasteiger partial charge in [-0.05, 0) is 12.1 Å². The smallest absolute Gasteiger partial charge is 0.264 e. The van der Waals surface area contributed by atoms with Crippen LogP contribution in [0.3, 0.4) is 0 Å². The Kier molecular flexibility index (Phi) is 1.92. The summed E-state index contributed by atoms with van der Waals surface area (Å²) in [4.78, 5) is 14.1. The van der Waals surface area contributed by atoms with Crippen LogP contribution in [0.4, 0.5) is 5.69 Å². The molecule has 2 aromatic rings. The lowest BCUT2D eigenvalue weighted by atomic mass is 10.3. The molecule has 0 saturated heterocycles. The summed E-state index contributed by atoms with van der Waals surface area (Å²) in [5.74, 6) is 0. The number of nitrogens with one attached hydrogen (secondary N) is 1. The second-order valence-corrected chi connectivity index (χ2v) is 2.79. The van der Waals surface area contributed by atoms with Gasteiger partial charge >= 0.3 is 0 Å². The highest BCUT2D eigenvalue weighted by Crippen LogP contribution is 2.14. The van der Waals surface area contributed by atoms with E-state index in [9.17, 15) is 4.79 Å². The Morgan fingerprint density at radius 3 is 2.43 bits per heavy atom. The van der Waals surface area contributed by atoms with E-state index in [2.05, 4.69) is 9.94 Å². The number of benzene rings is 1. The number of nitrogens with zero attached hydrogens (tertiary/aromatic N) is 2. The van der Waals surface area contributed by atoms with Crippen LogP contribution in [0.5, 0.6) is 0 Å². The summed E-state index contributed by atoms with van der Waals surface area (Å²) in [6.07, 6.45) is 1.65. The maximum atomic E-state index is 10.9. The van der Waals surface area contributed by atoms with E-state index in [1.165, 1.54) is 6.07 Å². The lowest BCUT2D eigenvalue weighted by Gasteiger charge is -2.00. The number of hydrogen-bond donors (Lipinski definition) is 1. The second-order valence-electron chi connectivity index (χ2n) is 2.79. The maximum Gasteiger partial charge on any atom is 0.264 e. The molecule has 0 fully saturated rings. The first-order valence-corrected chi connectivity index (χ1v) is 4.05. The quantitative estimate of drug-likeness (QED) is 0.675. The molecular weight excluding hydrogens is 178 g/mol. The van der Waals surface area contributed by atoms with Crippen LogP contribution in [0.1, 0.15) is 0 Å². The van der Waals surface area contributed by atoms with Gasteiger partial charge in [-0.3, -0.25) is 14.6 Å². The van der Waals surface area contributed by atoms with Crippen LogP contribution >= 0.6 is 0 Å². The minimum atomic E-state index is -0.140. The molecule has 0 amide bonds. The van der Waals surface area contributed by atoms with Gasteiger partial charge in [0, 0.05) is 12.3 Å². The van der Waals surface area contributed by atoms with Crippen molar-refractivity contribution in [3.63, 3.8) is 0 Å². The third-order valence-corrected chi connectivity index (χ3v) is 1.86. The van der Waals surface area contributed by atoms with Gasteiger partial charge in [0.15, 0.2) is 5.69 Å². The topological polar surface area (TPSA) is 42.1 Å². The minimum absolute atomic E-state index is 0.140. The summed E-state index contributed by atoms with van der Waals surface area (Å²) in [7, 11) is 0. The number of rotatable bonds is 1. The number of H-pyrrole nitrogens is 1. The van der Waals surface area contributed by atoms with Crippen molar-refractivity contribution < 1.29 is 0 Å². The summed E-state index contributed by atoms with van der Waals surface area (Å²) in [5, 5.41) is 2.61. The standard InChI is InChI=1S/C10H7N3O/c1-11-8-2-4-9(5-3-8)13-7-6-10(14)12-13/h2-7H,(H,12,14). The van der Waals surface area contributed by atoms with Crippen LogP contribution in [0.2, 0.25) is 0 Å². The highest BCUT2D eigenvalue weighted by Gasteiger charge is 1.96. The molecule has 1 aromatic carbocycles. The highest BCUT2D eigenvalue weighted by atomic mass is 16.1. The molecule has 4 heteroatoms. The molecule has 1 aromatic heterocycles. The van der Waals surface area contributed by atoms with Crippen molar-refractivity contribution in [3.8, 4) is 5.69 Å². The molecule has 0 aliphatic carbocycles. The highest BCUT2D eigenvalue weighted by molar-refractivity contribution is 5.48. The minimum Gasteiger partial charge on any atom is -0.268 e. The summed E-state index contributed by atoms with van der Waals surface area (Å²) in [5.41, 5.74) is 1.28. The molecule has 0 aliphatic rings. The van der Waals surface area contributed by atoms with E-state index in [0.29, 0.717) is 5.69 Å². The van der Waals surface area contributed by atoms with Gasteiger partial charge < -0.3 is 0 Å². The van der Waals surface area contributed by atoms with E-state index >= 15 is 0 Å². The molecule has 1 heterocycles. The molecule has 14 heavy (non-hydrogen) atoms. The van der Waals surface area contributed by atoms with Crippen LogP contribution in [-0.4, -0.2) is 9.78 Å². The summed E-state index contributed by atoms with van der Waals surface area (Å²) in [6, 6.07) is 8.43. The van der Waals surface area contributed by atoms with Gasteiger partial charge in [-0.1, -0.05) is 12.1 Å². The Balaban J connectivity index is 2.44. The van der Waals surface area contributed by atoms with Crippen molar-refractivity contribution in [3.05, 3.63) is 58.3 Å². The molecule has 0 atom stereocenters. The van der Waals surface area contributed by atoms with E-state index in [1.54, 1.807) is 35.1 Å². The third-order valence-electron chi connectivity index (χ3n) is 1.86. The molecular formula is C10H7N3O. The van der Waals surface area contributed by atoms with E-state index in [-0.39, 0.29) is 5.56 Å². The van der Waals surface area contributed by atoms with Gasteiger partial charge in [0.1, 0.15) is 0 Å². The molecule has 0 aliphatic heterocycles. The lowest BCUT2D eigenvalue weighted by Crippen LogP contribution is -2.02. The largest absolute Gasteiger partial charge is 0.268 e. The van der Waals surface area contributed by atoms with Gasteiger partial charge in [-0.25, -0.2) is 4.85 Å².